The molecule has 7 nitrogen and oxygen atoms in total. The van der Waals surface area contributed by atoms with Crippen molar-refractivity contribution in [2.24, 2.45) is 12.0 Å². The summed E-state index contributed by atoms with van der Waals surface area (Å²) in [5.74, 6) is 2.37. The Morgan fingerprint density at radius 3 is 2.76 bits per heavy atom. The van der Waals surface area contributed by atoms with E-state index in [1.54, 1.807) is 7.11 Å². The Bertz CT molecular complexity index is 763. The maximum absolute atomic E-state index is 5.77. The molecule has 160 valence electrons. The molecular formula is C21H32IN5O2. The molecule has 3 rings (SSSR count). The van der Waals surface area contributed by atoms with E-state index in [9.17, 15) is 0 Å². The number of likely N-dealkylation sites (tertiary alicyclic amines) is 1. The summed E-state index contributed by atoms with van der Waals surface area (Å²) in [5.41, 5.74) is 2.47. The maximum Gasteiger partial charge on any atom is 0.193 e. The molecule has 0 bridgehead atoms. The average Bonchev–Trinajstić information content (AvgIpc) is 3.37. The van der Waals surface area contributed by atoms with Crippen LogP contribution in [0.2, 0.25) is 0 Å². The molecule has 1 aliphatic rings. The van der Waals surface area contributed by atoms with Gasteiger partial charge < -0.3 is 19.7 Å². The van der Waals surface area contributed by atoms with Gasteiger partial charge in [-0.2, -0.15) is 5.10 Å². The minimum atomic E-state index is 0. The lowest BCUT2D eigenvalue weighted by molar-refractivity contribution is 0.119. The van der Waals surface area contributed by atoms with Crippen molar-refractivity contribution in [1.29, 1.82) is 0 Å². The van der Waals surface area contributed by atoms with Crippen LogP contribution < -0.4 is 10.1 Å². The number of aryl methyl sites for hydroxylation is 1. The van der Waals surface area contributed by atoms with Crippen LogP contribution in [0.5, 0.6) is 5.75 Å². The Morgan fingerprint density at radius 1 is 1.31 bits per heavy atom. The number of hydrogen-bond donors (Lipinski definition) is 1. The van der Waals surface area contributed by atoms with E-state index in [1.807, 2.05) is 49.2 Å². The molecule has 1 saturated heterocycles. The van der Waals surface area contributed by atoms with Gasteiger partial charge in [0.1, 0.15) is 5.75 Å². The van der Waals surface area contributed by atoms with Crippen molar-refractivity contribution in [1.82, 2.24) is 20.0 Å². The van der Waals surface area contributed by atoms with E-state index in [-0.39, 0.29) is 24.0 Å². The van der Waals surface area contributed by atoms with E-state index in [0.29, 0.717) is 19.1 Å². The topological polar surface area (TPSA) is 63.9 Å². The number of rotatable bonds is 8. The Morgan fingerprint density at radius 2 is 2.10 bits per heavy atom. The lowest BCUT2D eigenvalue weighted by Crippen LogP contribution is -2.40. The third-order valence-electron chi connectivity index (χ3n) is 5.07. The van der Waals surface area contributed by atoms with Gasteiger partial charge in [-0.3, -0.25) is 9.67 Å². The quantitative estimate of drug-likeness (QED) is 0.255. The van der Waals surface area contributed by atoms with Crippen LogP contribution in [0.4, 0.5) is 0 Å². The number of hydrogen-bond acceptors (Lipinski definition) is 4. The van der Waals surface area contributed by atoms with E-state index in [0.717, 1.165) is 49.7 Å². The number of methoxy groups -OCH3 is 1. The van der Waals surface area contributed by atoms with E-state index < -0.39 is 0 Å². The number of nitrogens with zero attached hydrogens (tertiary/aromatic N) is 4. The molecule has 1 aromatic heterocycles. The number of aromatic nitrogens is 2. The molecule has 1 aliphatic heterocycles. The summed E-state index contributed by atoms with van der Waals surface area (Å²) in [6.07, 6.45) is 6.17. The zero-order valence-electron chi connectivity index (χ0n) is 17.5. The minimum absolute atomic E-state index is 0. The van der Waals surface area contributed by atoms with Gasteiger partial charge in [0.2, 0.25) is 0 Å². The molecule has 2 heterocycles. The van der Waals surface area contributed by atoms with Gasteiger partial charge in [0.25, 0.3) is 0 Å². The fourth-order valence-electron chi connectivity index (χ4n) is 3.49. The Kier molecular flexibility index (Phi) is 9.72. The van der Waals surface area contributed by atoms with Gasteiger partial charge in [0.15, 0.2) is 5.96 Å². The summed E-state index contributed by atoms with van der Waals surface area (Å²) in [7, 11) is 5.49. The smallest absolute Gasteiger partial charge is 0.193 e. The Hall–Kier alpha value is -1.81. The van der Waals surface area contributed by atoms with Crippen LogP contribution in [-0.2, 0) is 18.4 Å². The first kappa shape index (κ1) is 23.5. The second-order valence-electron chi connectivity index (χ2n) is 7.11. The fourth-order valence-corrected chi connectivity index (χ4v) is 3.49. The first-order chi connectivity index (χ1) is 13.7. The first-order valence-electron chi connectivity index (χ1n) is 9.84. The van der Waals surface area contributed by atoms with Crippen LogP contribution in [-0.4, -0.2) is 61.0 Å². The van der Waals surface area contributed by atoms with Crippen LogP contribution in [0.15, 0.2) is 41.7 Å². The third-order valence-corrected chi connectivity index (χ3v) is 5.07. The van der Waals surface area contributed by atoms with Gasteiger partial charge in [-0.15, -0.1) is 24.0 Å². The van der Waals surface area contributed by atoms with Crippen LogP contribution in [0.1, 0.15) is 29.9 Å². The number of aliphatic imine (C=N–C) groups is 1. The molecule has 29 heavy (non-hydrogen) atoms. The monoisotopic (exact) mass is 513 g/mol. The second-order valence-corrected chi connectivity index (χ2v) is 7.11. The molecule has 8 heteroatoms. The zero-order valence-corrected chi connectivity index (χ0v) is 19.8. The molecule has 1 fully saturated rings. The van der Waals surface area contributed by atoms with Crippen molar-refractivity contribution in [2.45, 2.75) is 25.4 Å². The molecule has 0 amide bonds. The van der Waals surface area contributed by atoms with Gasteiger partial charge in [-0.1, -0.05) is 12.1 Å². The van der Waals surface area contributed by atoms with Crippen molar-refractivity contribution in [3.63, 3.8) is 0 Å². The van der Waals surface area contributed by atoms with Crippen molar-refractivity contribution in [3.8, 4) is 5.75 Å². The molecule has 0 saturated carbocycles. The van der Waals surface area contributed by atoms with Crippen molar-refractivity contribution in [3.05, 3.63) is 47.8 Å². The number of nitrogens with one attached hydrogen (secondary N) is 1. The van der Waals surface area contributed by atoms with Gasteiger partial charge >= 0.3 is 0 Å². The number of ether oxygens (including phenoxy) is 2. The predicted molar refractivity (Wildman–Crippen MR) is 126 cm³/mol. The summed E-state index contributed by atoms with van der Waals surface area (Å²) >= 11 is 0. The van der Waals surface area contributed by atoms with E-state index in [4.69, 9.17) is 9.47 Å². The number of benzene rings is 1. The van der Waals surface area contributed by atoms with Crippen LogP contribution >= 0.6 is 24.0 Å². The lowest BCUT2D eigenvalue weighted by atomic mass is 10.0. The van der Waals surface area contributed by atoms with Crippen molar-refractivity contribution < 1.29 is 9.47 Å². The highest BCUT2D eigenvalue weighted by atomic mass is 127. The standard InChI is InChI=1S/C21H31N5O2.HI/c1-22-21(26-11-9-18(15-26)19-13-24-25(2)14-19)23-10-4-12-28-16-17-5-7-20(27-3)8-6-17;/h5-8,13-14,18H,4,9-12,15-16H2,1-3H3,(H,22,23);1H. The molecule has 0 spiro atoms. The first-order valence-corrected chi connectivity index (χ1v) is 9.84. The molecule has 2 aromatic rings. The molecular weight excluding hydrogens is 481 g/mol. The summed E-state index contributed by atoms with van der Waals surface area (Å²) < 4.78 is 12.8. The Balaban J connectivity index is 0.00000300. The largest absolute Gasteiger partial charge is 0.497 e. The highest BCUT2D eigenvalue weighted by molar-refractivity contribution is 14.0. The molecule has 0 aliphatic carbocycles. The van der Waals surface area contributed by atoms with E-state index in [1.165, 1.54) is 5.56 Å². The highest BCUT2D eigenvalue weighted by Crippen LogP contribution is 2.26. The molecule has 1 unspecified atom stereocenters. The normalized spacial score (nSPS) is 16.6. The third kappa shape index (κ3) is 6.88. The number of halogens is 1. The summed E-state index contributed by atoms with van der Waals surface area (Å²) in [6, 6.07) is 7.98. The predicted octanol–water partition coefficient (Wildman–Crippen LogP) is 3.02. The second kappa shape index (κ2) is 12.0. The zero-order chi connectivity index (χ0) is 19.8. The van der Waals surface area contributed by atoms with E-state index in [2.05, 4.69) is 26.5 Å². The highest BCUT2D eigenvalue weighted by Gasteiger charge is 2.26. The molecule has 1 N–H and O–H groups in total. The van der Waals surface area contributed by atoms with Gasteiger partial charge in [-0.25, -0.2) is 0 Å². The summed E-state index contributed by atoms with van der Waals surface area (Å²) in [4.78, 5) is 6.77. The molecule has 1 atom stereocenters. The summed E-state index contributed by atoms with van der Waals surface area (Å²) in [6.45, 7) is 4.20. The number of guanidine groups is 1. The Labute approximate surface area is 190 Å². The van der Waals surface area contributed by atoms with Crippen molar-refractivity contribution >= 4 is 29.9 Å². The minimum Gasteiger partial charge on any atom is -0.497 e. The van der Waals surface area contributed by atoms with Crippen LogP contribution in [0.3, 0.4) is 0 Å². The van der Waals surface area contributed by atoms with Crippen LogP contribution in [0, 0.1) is 0 Å². The van der Waals surface area contributed by atoms with Gasteiger partial charge in [0, 0.05) is 52.5 Å². The molecule has 1 aromatic carbocycles. The van der Waals surface area contributed by atoms with Gasteiger partial charge in [0.05, 0.1) is 19.9 Å². The SMILES string of the molecule is CN=C(NCCCOCc1ccc(OC)cc1)N1CCC(c2cnn(C)c2)C1.I. The average molecular weight is 513 g/mol. The van der Waals surface area contributed by atoms with Crippen LogP contribution in [0.25, 0.3) is 0 Å². The summed E-state index contributed by atoms with van der Waals surface area (Å²) in [5, 5.41) is 7.75. The fraction of sp³-hybridized carbons (Fsp3) is 0.524. The van der Waals surface area contributed by atoms with Crippen molar-refractivity contribution in [2.75, 3.05) is 40.4 Å². The van der Waals surface area contributed by atoms with E-state index >= 15 is 0 Å². The lowest BCUT2D eigenvalue weighted by Gasteiger charge is -2.21. The maximum atomic E-state index is 5.77. The molecule has 0 radical (unpaired) electrons. The van der Waals surface area contributed by atoms with Gasteiger partial charge in [-0.05, 0) is 36.1 Å².